The molecule has 3 aromatic carbocycles. The number of amides is 1. The number of carbonyl (C=O) groups is 3. The van der Waals surface area contributed by atoms with Crippen LogP contribution in [0.2, 0.25) is 0 Å². The standard InChI is InChI=1S/C35H44N2O9/c1-42-30-17-13-27(14-18-30)35(26-10-6-5-7-11-26,28-15-19-31(43-2)20-16-28)46-25-29(24-38)36-32(39)12-8-9-21-37(22-33(40)44-3)23-34(41)45-4/h5-7,10-11,13-20,29,38H,8-9,12,21-25H2,1-4H3,(H,36,39). The maximum absolute atomic E-state index is 12.9. The van der Waals surface area contributed by atoms with Crippen molar-refractivity contribution in [3.63, 3.8) is 0 Å². The van der Waals surface area contributed by atoms with Gasteiger partial charge in [-0.05, 0) is 60.3 Å². The van der Waals surface area contributed by atoms with Gasteiger partial charge >= 0.3 is 11.9 Å². The number of hydrogen-bond donors (Lipinski definition) is 2. The Morgan fingerprint density at radius 3 is 1.70 bits per heavy atom. The van der Waals surface area contributed by atoms with Crippen LogP contribution in [0.5, 0.6) is 11.5 Å². The molecule has 2 N–H and O–H groups in total. The van der Waals surface area contributed by atoms with Crippen LogP contribution in [0.25, 0.3) is 0 Å². The molecule has 11 heteroatoms. The fourth-order valence-electron chi connectivity index (χ4n) is 5.07. The zero-order valence-corrected chi connectivity index (χ0v) is 26.9. The second-order valence-corrected chi connectivity index (χ2v) is 10.6. The van der Waals surface area contributed by atoms with E-state index in [1.165, 1.54) is 14.2 Å². The normalized spacial score (nSPS) is 11.9. The van der Waals surface area contributed by atoms with E-state index in [4.69, 9.17) is 23.7 Å². The average molecular weight is 637 g/mol. The Balaban J connectivity index is 1.76. The first-order valence-electron chi connectivity index (χ1n) is 15.0. The summed E-state index contributed by atoms with van der Waals surface area (Å²) in [6.45, 7) is -0.0665. The molecule has 0 radical (unpaired) electrons. The Hall–Kier alpha value is -4.45. The van der Waals surface area contributed by atoms with Gasteiger partial charge in [-0.3, -0.25) is 19.3 Å². The zero-order chi connectivity index (χ0) is 33.4. The number of nitrogens with one attached hydrogen (secondary N) is 1. The molecule has 3 aromatic rings. The van der Waals surface area contributed by atoms with E-state index in [9.17, 15) is 19.5 Å². The minimum atomic E-state index is -1.10. The molecule has 0 bridgehead atoms. The number of carbonyl (C=O) groups excluding carboxylic acids is 3. The highest BCUT2D eigenvalue weighted by atomic mass is 16.5. The van der Waals surface area contributed by atoms with Gasteiger partial charge in [0.15, 0.2) is 0 Å². The number of unbranched alkanes of at least 4 members (excludes halogenated alkanes) is 1. The van der Waals surface area contributed by atoms with Crippen molar-refractivity contribution < 1.29 is 43.2 Å². The lowest BCUT2D eigenvalue weighted by atomic mass is 9.80. The van der Waals surface area contributed by atoms with E-state index in [2.05, 4.69) is 5.32 Å². The second kappa shape index (κ2) is 18.5. The smallest absolute Gasteiger partial charge is 0.319 e. The van der Waals surface area contributed by atoms with Crippen LogP contribution < -0.4 is 14.8 Å². The van der Waals surface area contributed by atoms with Crippen molar-refractivity contribution in [2.45, 2.75) is 30.9 Å². The quantitative estimate of drug-likeness (QED) is 0.115. The van der Waals surface area contributed by atoms with Crippen molar-refractivity contribution in [1.29, 1.82) is 0 Å². The topological polar surface area (TPSA) is 133 Å². The summed E-state index contributed by atoms with van der Waals surface area (Å²) in [5, 5.41) is 13.1. The summed E-state index contributed by atoms with van der Waals surface area (Å²) < 4.78 is 27.0. The van der Waals surface area contributed by atoms with Gasteiger partial charge in [0.2, 0.25) is 5.91 Å². The Morgan fingerprint density at radius 2 is 1.24 bits per heavy atom. The van der Waals surface area contributed by atoms with Gasteiger partial charge < -0.3 is 34.1 Å². The van der Waals surface area contributed by atoms with Crippen LogP contribution in [0.3, 0.4) is 0 Å². The van der Waals surface area contributed by atoms with E-state index in [1.54, 1.807) is 19.1 Å². The van der Waals surface area contributed by atoms with Crippen molar-refractivity contribution in [3.8, 4) is 11.5 Å². The van der Waals surface area contributed by atoms with Crippen molar-refractivity contribution >= 4 is 17.8 Å². The summed E-state index contributed by atoms with van der Waals surface area (Å²) in [5.41, 5.74) is 1.42. The molecule has 46 heavy (non-hydrogen) atoms. The van der Waals surface area contributed by atoms with Crippen LogP contribution in [-0.2, 0) is 34.2 Å². The predicted molar refractivity (Wildman–Crippen MR) is 172 cm³/mol. The molecule has 0 spiro atoms. The number of methoxy groups -OCH3 is 4. The number of esters is 2. The number of rotatable bonds is 19. The number of nitrogens with zero attached hydrogens (tertiary/aromatic N) is 1. The second-order valence-electron chi connectivity index (χ2n) is 10.6. The zero-order valence-electron chi connectivity index (χ0n) is 26.9. The molecular formula is C35H44N2O9. The third-order valence-electron chi connectivity index (χ3n) is 7.55. The first-order chi connectivity index (χ1) is 22.3. The van der Waals surface area contributed by atoms with Crippen molar-refractivity contribution in [2.24, 2.45) is 0 Å². The first-order valence-corrected chi connectivity index (χ1v) is 15.0. The van der Waals surface area contributed by atoms with Crippen molar-refractivity contribution in [1.82, 2.24) is 10.2 Å². The number of hydrogen-bond acceptors (Lipinski definition) is 10. The van der Waals surface area contributed by atoms with Gasteiger partial charge in [0.25, 0.3) is 0 Å². The van der Waals surface area contributed by atoms with Gasteiger partial charge in [-0.1, -0.05) is 54.6 Å². The molecule has 248 valence electrons. The van der Waals surface area contributed by atoms with Gasteiger partial charge in [-0.25, -0.2) is 0 Å². The van der Waals surface area contributed by atoms with Gasteiger partial charge in [0.1, 0.15) is 17.1 Å². The summed E-state index contributed by atoms with van der Waals surface area (Å²) >= 11 is 0. The number of ether oxygens (including phenoxy) is 5. The highest BCUT2D eigenvalue weighted by Crippen LogP contribution is 2.41. The Labute approximate surface area is 270 Å². The van der Waals surface area contributed by atoms with Crippen LogP contribution in [0.15, 0.2) is 78.9 Å². The summed E-state index contributed by atoms with van der Waals surface area (Å²) in [6.07, 6.45) is 1.23. The van der Waals surface area contributed by atoms with Crippen molar-refractivity contribution in [2.75, 3.05) is 61.3 Å². The van der Waals surface area contributed by atoms with E-state index in [-0.39, 0.29) is 38.6 Å². The van der Waals surface area contributed by atoms with Crippen LogP contribution in [-0.4, -0.2) is 95.2 Å². The number of aliphatic hydroxyl groups is 1. The molecule has 0 saturated heterocycles. The Morgan fingerprint density at radius 1 is 0.739 bits per heavy atom. The molecule has 0 aromatic heterocycles. The molecule has 1 unspecified atom stereocenters. The summed E-state index contributed by atoms with van der Waals surface area (Å²) in [4.78, 5) is 38.0. The van der Waals surface area contributed by atoms with Gasteiger partial charge in [-0.2, -0.15) is 0 Å². The van der Waals surface area contributed by atoms with Crippen LogP contribution >= 0.6 is 0 Å². The van der Waals surface area contributed by atoms with E-state index >= 15 is 0 Å². The van der Waals surface area contributed by atoms with Crippen LogP contribution in [0, 0.1) is 0 Å². The van der Waals surface area contributed by atoms with Crippen LogP contribution in [0.4, 0.5) is 0 Å². The van der Waals surface area contributed by atoms with E-state index in [0.29, 0.717) is 30.9 Å². The molecular weight excluding hydrogens is 592 g/mol. The maximum atomic E-state index is 12.9. The lowest BCUT2D eigenvalue weighted by Crippen LogP contribution is -2.44. The molecule has 1 amide bonds. The largest absolute Gasteiger partial charge is 0.497 e. The number of benzene rings is 3. The van der Waals surface area contributed by atoms with Gasteiger partial charge in [0.05, 0.1) is 60.8 Å². The maximum Gasteiger partial charge on any atom is 0.319 e. The summed E-state index contributed by atoms with van der Waals surface area (Å²) in [7, 11) is 5.77. The average Bonchev–Trinajstić information content (AvgIpc) is 3.10. The summed E-state index contributed by atoms with van der Waals surface area (Å²) in [5.74, 6) is 0.195. The van der Waals surface area contributed by atoms with Crippen LogP contribution in [0.1, 0.15) is 36.0 Å². The lowest BCUT2D eigenvalue weighted by molar-refractivity contribution is -0.145. The molecule has 0 fully saturated rings. The fourth-order valence-corrected chi connectivity index (χ4v) is 5.07. The molecule has 0 heterocycles. The third-order valence-corrected chi connectivity index (χ3v) is 7.55. The fraction of sp³-hybridized carbons (Fsp3) is 0.400. The first kappa shape index (κ1) is 36.0. The highest BCUT2D eigenvalue weighted by molar-refractivity contribution is 5.76. The molecule has 3 rings (SSSR count). The molecule has 0 aliphatic carbocycles. The van der Waals surface area contributed by atoms with E-state index in [1.807, 2.05) is 78.9 Å². The predicted octanol–water partition coefficient (Wildman–Crippen LogP) is 3.31. The molecule has 0 aliphatic rings. The SMILES string of the molecule is COC(=O)CN(CCCCC(=O)NC(CO)COC(c1ccccc1)(c1ccc(OC)cc1)c1ccc(OC)cc1)CC(=O)OC. The molecule has 0 aliphatic heterocycles. The monoisotopic (exact) mass is 636 g/mol. The Kier molecular flexibility index (Phi) is 14.5. The minimum absolute atomic E-state index is 0.00122. The van der Waals surface area contributed by atoms with Gasteiger partial charge in [0, 0.05) is 6.42 Å². The minimum Gasteiger partial charge on any atom is -0.497 e. The summed E-state index contributed by atoms with van der Waals surface area (Å²) in [6, 6.07) is 24.3. The lowest BCUT2D eigenvalue weighted by Gasteiger charge is -2.37. The molecule has 0 saturated carbocycles. The third kappa shape index (κ3) is 10.0. The molecule has 1 atom stereocenters. The number of aliphatic hydroxyl groups excluding tert-OH is 1. The highest BCUT2D eigenvalue weighted by Gasteiger charge is 2.38. The van der Waals surface area contributed by atoms with E-state index in [0.717, 1.165) is 16.7 Å². The van der Waals surface area contributed by atoms with Crippen molar-refractivity contribution in [3.05, 3.63) is 95.6 Å². The Bertz CT molecular complexity index is 1300. The molecule has 11 nitrogen and oxygen atoms in total. The van der Waals surface area contributed by atoms with Gasteiger partial charge in [-0.15, -0.1) is 0 Å². The van der Waals surface area contributed by atoms with E-state index < -0.39 is 23.6 Å².